The molecule has 3 heteroatoms. The molecule has 2 atom stereocenters. The minimum absolute atomic E-state index is 0.0825. The number of nitrogens with two attached hydrogens (primary N) is 1. The molecule has 0 fully saturated rings. The number of aromatic nitrogens is 1. The van der Waals surface area contributed by atoms with Crippen molar-refractivity contribution in [1.82, 2.24) is 4.98 Å². The van der Waals surface area contributed by atoms with Gasteiger partial charge in [0.05, 0.1) is 6.20 Å². The molecule has 1 aliphatic heterocycles. The fourth-order valence-electron chi connectivity index (χ4n) is 2.24. The Balaban J connectivity index is 2.15. The molecule has 0 amide bonds. The van der Waals surface area contributed by atoms with Crippen molar-refractivity contribution in [2.24, 2.45) is 11.1 Å². The van der Waals surface area contributed by atoms with Crippen molar-refractivity contribution < 1.29 is 4.74 Å². The summed E-state index contributed by atoms with van der Waals surface area (Å²) in [6.45, 7) is 6.67. The predicted molar refractivity (Wildman–Crippen MR) is 64.3 cm³/mol. The molecule has 88 valence electrons. The van der Waals surface area contributed by atoms with Crippen LogP contribution in [0.25, 0.3) is 0 Å². The van der Waals surface area contributed by atoms with Crippen LogP contribution in [0.2, 0.25) is 0 Å². The molecule has 1 aromatic heterocycles. The van der Waals surface area contributed by atoms with Gasteiger partial charge < -0.3 is 10.5 Å². The highest BCUT2D eigenvalue weighted by molar-refractivity contribution is 5.34. The van der Waals surface area contributed by atoms with E-state index in [0.29, 0.717) is 0 Å². The van der Waals surface area contributed by atoms with E-state index in [0.717, 1.165) is 24.2 Å². The van der Waals surface area contributed by atoms with Crippen LogP contribution in [0.15, 0.2) is 18.5 Å². The molecule has 0 aromatic carbocycles. The molecule has 1 aromatic rings. The molecule has 3 nitrogen and oxygen atoms in total. The largest absolute Gasteiger partial charge is 0.488 e. The van der Waals surface area contributed by atoms with Crippen LogP contribution in [0.3, 0.4) is 0 Å². The number of rotatable bonds is 1. The topological polar surface area (TPSA) is 48.1 Å². The van der Waals surface area contributed by atoms with Gasteiger partial charge in [-0.1, -0.05) is 20.8 Å². The lowest BCUT2D eigenvalue weighted by atomic mass is 9.85. The summed E-state index contributed by atoms with van der Waals surface area (Å²) < 4.78 is 5.94. The van der Waals surface area contributed by atoms with Crippen LogP contribution in [0.4, 0.5) is 0 Å². The standard InChI is InChI=1S/C13H20N2O/c1-13(2,3)7-9-6-11(14)10-4-5-15-8-12(10)16-9/h4-5,8-9,11H,6-7,14H2,1-3H3. The molecular weight excluding hydrogens is 200 g/mol. The maximum atomic E-state index is 6.15. The molecule has 0 spiro atoms. The van der Waals surface area contributed by atoms with Gasteiger partial charge in [-0.15, -0.1) is 0 Å². The van der Waals surface area contributed by atoms with Crippen LogP contribution in [0, 0.1) is 5.41 Å². The Morgan fingerprint density at radius 3 is 2.94 bits per heavy atom. The summed E-state index contributed by atoms with van der Waals surface area (Å²) in [7, 11) is 0. The van der Waals surface area contributed by atoms with E-state index < -0.39 is 0 Å². The molecule has 0 aliphatic carbocycles. The Morgan fingerprint density at radius 1 is 1.50 bits per heavy atom. The quantitative estimate of drug-likeness (QED) is 0.791. The summed E-state index contributed by atoms with van der Waals surface area (Å²) in [4.78, 5) is 4.08. The van der Waals surface area contributed by atoms with E-state index in [4.69, 9.17) is 10.5 Å². The molecule has 0 saturated carbocycles. The van der Waals surface area contributed by atoms with Crippen molar-refractivity contribution in [1.29, 1.82) is 0 Å². The second-order valence-electron chi connectivity index (χ2n) is 5.76. The predicted octanol–water partition coefficient (Wildman–Crippen LogP) is 2.67. The lowest BCUT2D eigenvalue weighted by Gasteiger charge is -2.33. The maximum absolute atomic E-state index is 6.15. The monoisotopic (exact) mass is 220 g/mol. The average Bonchev–Trinajstić information content (AvgIpc) is 2.15. The summed E-state index contributed by atoms with van der Waals surface area (Å²) in [5.74, 6) is 0.857. The summed E-state index contributed by atoms with van der Waals surface area (Å²) in [6, 6.07) is 2.03. The number of pyridine rings is 1. The first-order chi connectivity index (χ1) is 7.46. The third-order valence-electron chi connectivity index (χ3n) is 2.87. The van der Waals surface area contributed by atoms with E-state index in [9.17, 15) is 0 Å². The second kappa shape index (κ2) is 4.06. The molecular formula is C13H20N2O. The fourth-order valence-corrected chi connectivity index (χ4v) is 2.24. The first-order valence-corrected chi connectivity index (χ1v) is 5.82. The zero-order valence-electron chi connectivity index (χ0n) is 10.2. The number of fused-ring (bicyclic) bond motifs is 1. The van der Waals surface area contributed by atoms with Crippen LogP contribution >= 0.6 is 0 Å². The number of hydrogen-bond acceptors (Lipinski definition) is 3. The minimum atomic E-state index is 0.0825. The van der Waals surface area contributed by atoms with Crippen LogP contribution < -0.4 is 10.5 Å². The Morgan fingerprint density at radius 2 is 2.25 bits per heavy atom. The molecule has 2 rings (SSSR count). The average molecular weight is 220 g/mol. The van der Waals surface area contributed by atoms with Gasteiger partial charge in [-0.2, -0.15) is 0 Å². The van der Waals surface area contributed by atoms with Gasteiger partial charge in [0.2, 0.25) is 0 Å². The van der Waals surface area contributed by atoms with Gasteiger partial charge in [-0.25, -0.2) is 0 Å². The van der Waals surface area contributed by atoms with E-state index in [2.05, 4.69) is 25.8 Å². The van der Waals surface area contributed by atoms with Crippen molar-refractivity contribution in [3.05, 3.63) is 24.0 Å². The van der Waals surface area contributed by atoms with E-state index >= 15 is 0 Å². The molecule has 2 N–H and O–H groups in total. The number of hydrogen-bond donors (Lipinski definition) is 1. The molecule has 0 saturated heterocycles. The van der Waals surface area contributed by atoms with Crippen molar-refractivity contribution >= 4 is 0 Å². The van der Waals surface area contributed by atoms with E-state index in [1.54, 1.807) is 12.4 Å². The van der Waals surface area contributed by atoms with Gasteiger partial charge in [0, 0.05) is 24.2 Å². The third-order valence-corrected chi connectivity index (χ3v) is 2.87. The number of nitrogens with zero attached hydrogens (tertiary/aromatic N) is 1. The molecule has 0 bridgehead atoms. The zero-order valence-corrected chi connectivity index (χ0v) is 10.2. The van der Waals surface area contributed by atoms with Crippen LogP contribution in [0.1, 0.15) is 45.2 Å². The Labute approximate surface area is 97.0 Å². The van der Waals surface area contributed by atoms with Crippen molar-refractivity contribution in [3.63, 3.8) is 0 Å². The lowest BCUT2D eigenvalue weighted by Crippen LogP contribution is -2.32. The van der Waals surface area contributed by atoms with Gasteiger partial charge in [0.15, 0.2) is 0 Å². The molecule has 2 unspecified atom stereocenters. The van der Waals surface area contributed by atoms with Crippen molar-refractivity contribution in [3.8, 4) is 5.75 Å². The van der Waals surface area contributed by atoms with Crippen LogP contribution in [0.5, 0.6) is 5.75 Å². The fraction of sp³-hybridized carbons (Fsp3) is 0.615. The lowest BCUT2D eigenvalue weighted by molar-refractivity contribution is 0.111. The molecule has 1 aliphatic rings. The summed E-state index contributed by atoms with van der Waals surface area (Å²) in [5.41, 5.74) is 7.50. The third kappa shape index (κ3) is 2.53. The van der Waals surface area contributed by atoms with Gasteiger partial charge in [0.1, 0.15) is 11.9 Å². The summed E-state index contributed by atoms with van der Waals surface area (Å²) in [6.07, 6.45) is 5.67. The van der Waals surface area contributed by atoms with Crippen LogP contribution in [-0.2, 0) is 0 Å². The first-order valence-electron chi connectivity index (χ1n) is 5.82. The smallest absolute Gasteiger partial charge is 0.142 e. The second-order valence-corrected chi connectivity index (χ2v) is 5.76. The highest BCUT2D eigenvalue weighted by Gasteiger charge is 2.28. The van der Waals surface area contributed by atoms with Crippen molar-refractivity contribution in [2.45, 2.75) is 45.8 Å². The molecule has 2 heterocycles. The summed E-state index contributed by atoms with van der Waals surface area (Å²) >= 11 is 0. The van der Waals surface area contributed by atoms with Gasteiger partial charge in [-0.3, -0.25) is 4.98 Å². The molecule has 16 heavy (non-hydrogen) atoms. The number of ether oxygens (including phenoxy) is 1. The zero-order chi connectivity index (χ0) is 11.8. The Kier molecular flexibility index (Phi) is 2.89. The van der Waals surface area contributed by atoms with Gasteiger partial charge in [0.25, 0.3) is 0 Å². The van der Waals surface area contributed by atoms with Gasteiger partial charge in [-0.05, 0) is 17.9 Å². The van der Waals surface area contributed by atoms with Crippen molar-refractivity contribution in [2.75, 3.05) is 0 Å². The Hall–Kier alpha value is -1.09. The van der Waals surface area contributed by atoms with Crippen LogP contribution in [-0.4, -0.2) is 11.1 Å². The van der Waals surface area contributed by atoms with E-state index in [1.165, 1.54) is 0 Å². The molecule has 0 radical (unpaired) electrons. The van der Waals surface area contributed by atoms with E-state index in [1.807, 2.05) is 6.07 Å². The van der Waals surface area contributed by atoms with Gasteiger partial charge >= 0.3 is 0 Å². The minimum Gasteiger partial charge on any atom is -0.488 e. The first kappa shape index (κ1) is 11.4. The highest BCUT2D eigenvalue weighted by Crippen LogP contribution is 2.36. The maximum Gasteiger partial charge on any atom is 0.142 e. The normalized spacial score (nSPS) is 24.8. The van der Waals surface area contributed by atoms with E-state index in [-0.39, 0.29) is 17.6 Å². The Bertz CT molecular complexity index is 370. The highest BCUT2D eigenvalue weighted by atomic mass is 16.5. The summed E-state index contributed by atoms with van der Waals surface area (Å²) in [5, 5.41) is 0. The SMILES string of the molecule is CC(C)(C)CC1CC(N)c2ccncc2O1.